The fraction of sp³-hybridized carbons (Fsp3) is 0.190. The number of aromatic nitrogens is 2. The number of rotatable bonds is 5. The Labute approximate surface area is 166 Å². The molecule has 1 aromatic heterocycles. The number of halogens is 2. The third-order valence-electron chi connectivity index (χ3n) is 4.26. The lowest BCUT2D eigenvalue weighted by molar-refractivity contribution is -0.116. The minimum atomic E-state index is -0.459. The lowest BCUT2D eigenvalue weighted by Gasteiger charge is -2.14. The van der Waals surface area contributed by atoms with Crippen LogP contribution in [0, 0.1) is 12.7 Å². The average molecular weight is 400 g/mol. The van der Waals surface area contributed by atoms with E-state index in [1.54, 1.807) is 43.3 Å². The van der Waals surface area contributed by atoms with E-state index in [1.165, 1.54) is 16.7 Å². The van der Waals surface area contributed by atoms with Gasteiger partial charge in [0.1, 0.15) is 18.2 Å². The second-order valence-electron chi connectivity index (χ2n) is 6.37. The van der Waals surface area contributed by atoms with Crippen molar-refractivity contribution in [3.63, 3.8) is 0 Å². The first kappa shape index (κ1) is 19.8. The number of hydrogen-bond acceptors (Lipinski definition) is 3. The van der Waals surface area contributed by atoms with Crippen molar-refractivity contribution in [2.24, 2.45) is 0 Å². The van der Waals surface area contributed by atoms with Gasteiger partial charge in [0.15, 0.2) is 0 Å². The normalized spacial score (nSPS) is 10.7. The van der Waals surface area contributed by atoms with E-state index in [2.05, 4.69) is 10.3 Å². The molecule has 5 nitrogen and oxygen atoms in total. The van der Waals surface area contributed by atoms with Crippen LogP contribution in [-0.4, -0.2) is 15.5 Å². The number of anilines is 1. The molecule has 3 aromatic rings. The van der Waals surface area contributed by atoms with E-state index >= 15 is 0 Å². The van der Waals surface area contributed by atoms with Gasteiger partial charge in [-0.1, -0.05) is 36.7 Å². The fourth-order valence-corrected chi connectivity index (χ4v) is 2.94. The molecule has 0 atom stereocenters. The van der Waals surface area contributed by atoms with Gasteiger partial charge in [0.05, 0.1) is 0 Å². The maximum Gasteiger partial charge on any atom is 0.254 e. The summed E-state index contributed by atoms with van der Waals surface area (Å²) in [4.78, 5) is 29.6. The van der Waals surface area contributed by atoms with Crippen molar-refractivity contribution < 1.29 is 9.18 Å². The molecule has 0 aliphatic carbocycles. The Bertz CT molecular complexity index is 1100. The molecule has 0 saturated heterocycles. The number of nitrogens with one attached hydrogen (secondary N) is 1. The van der Waals surface area contributed by atoms with Gasteiger partial charge >= 0.3 is 0 Å². The molecule has 0 spiro atoms. The molecule has 0 saturated carbocycles. The van der Waals surface area contributed by atoms with Crippen LogP contribution in [0.5, 0.6) is 0 Å². The van der Waals surface area contributed by atoms with Gasteiger partial charge in [0, 0.05) is 28.0 Å². The number of benzene rings is 2. The summed E-state index contributed by atoms with van der Waals surface area (Å²) in [5.74, 6) is -0.514. The van der Waals surface area contributed by atoms with Gasteiger partial charge in [0.2, 0.25) is 5.91 Å². The highest BCUT2D eigenvalue weighted by molar-refractivity contribution is 6.30. The molecule has 3 rings (SSSR count). The Morgan fingerprint density at radius 1 is 1.21 bits per heavy atom. The minimum absolute atomic E-state index is 0.257. The van der Waals surface area contributed by atoms with Gasteiger partial charge in [-0.25, -0.2) is 9.37 Å². The van der Waals surface area contributed by atoms with Gasteiger partial charge in [0.25, 0.3) is 5.56 Å². The molecule has 0 radical (unpaired) electrons. The van der Waals surface area contributed by atoms with Crippen LogP contribution in [0.2, 0.25) is 5.02 Å². The quantitative estimate of drug-likeness (QED) is 0.698. The number of carbonyl (C=O) groups excluding carboxylic acids is 1. The van der Waals surface area contributed by atoms with Crippen molar-refractivity contribution in [3.8, 4) is 11.4 Å². The predicted molar refractivity (Wildman–Crippen MR) is 108 cm³/mol. The zero-order valence-electron chi connectivity index (χ0n) is 15.5. The summed E-state index contributed by atoms with van der Waals surface area (Å²) in [6.45, 7) is 3.28. The highest BCUT2D eigenvalue weighted by Crippen LogP contribution is 2.21. The number of amides is 1. The minimum Gasteiger partial charge on any atom is -0.324 e. The molecule has 2 aromatic carbocycles. The molecule has 1 heterocycles. The molecule has 1 N–H and O–H groups in total. The molecule has 0 aliphatic rings. The van der Waals surface area contributed by atoms with Gasteiger partial charge < -0.3 is 5.32 Å². The molecule has 144 valence electrons. The van der Waals surface area contributed by atoms with E-state index < -0.39 is 11.7 Å². The summed E-state index contributed by atoms with van der Waals surface area (Å²) in [5, 5.41) is 3.11. The van der Waals surface area contributed by atoms with Crippen molar-refractivity contribution >= 4 is 23.2 Å². The van der Waals surface area contributed by atoms with Gasteiger partial charge in [-0.2, -0.15) is 0 Å². The lowest BCUT2D eigenvalue weighted by Crippen LogP contribution is -2.30. The first-order valence-electron chi connectivity index (χ1n) is 8.80. The maximum atomic E-state index is 13.7. The van der Waals surface area contributed by atoms with Crippen molar-refractivity contribution in [2.45, 2.75) is 26.8 Å². The van der Waals surface area contributed by atoms with Crippen LogP contribution in [0.25, 0.3) is 11.4 Å². The van der Waals surface area contributed by atoms with E-state index in [9.17, 15) is 14.0 Å². The molecular formula is C21H19ClFN3O2. The molecule has 0 unspecified atom stereocenters. The van der Waals surface area contributed by atoms with E-state index in [4.69, 9.17) is 11.6 Å². The van der Waals surface area contributed by atoms with Crippen LogP contribution >= 0.6 is 11.6 Å². The summed E-state index contributed by atoms with van der Waals surface area (Å²) >= 11 is 6.07. The van der Waals surface area contributed by atoms with Gasteiger partial charge in [-0.3, -0.25) is 14.2 Å². The highest BCUT2D eigenvalue weighted by atomic mass is 35.5. The van der Waals surface area contributed by atoms with Crippen LogP contribution in [0.15, 0.2) is 53.3 Å². The average Bonchev–Trinajstić information content (AvgIpc) is 2.66. The molecule has 7 heteroatoms. The third-order valence-corrected chi connectivity index (χ3v) is 4.50. The van der Waals surface area contributed by atoms with Crippen LogP contribution in [0.3, 0.4) is 0 Å². The largest absolute Gasteiger partial charge is 0.324 e. The lowest BCUT2D eigenvalue weighted by atomic mass is 10.2. The summed E-state index contributed by atoms with van der Waals surface area (Å²) in [6, 6.07) is 12.8. The second-order valence-corrected chi connectivity index (χ2v) is 6.81. The standard InChI is InChI=1S/C21H19ClFN3O2/c1-3-16-11-20(28)26(21(25-16)14-5-4-6-15(22)9-14)12-19(27)24-17-8-7-13(2)18(23)10-17/h4-11H,3,12H2,1-2H3,(H,24,27). The third kappa shape index (κ3) is 4.46. The summed E-state index contributed by atoms with van der Waals surface area (Å²) in [7, 11) is 0. The van der Waals surface area contributed by atoms with Crippen molar-refractivity contribution in [3.05, 3.63) is 81.0 Å². The van der Waals surface area contributed by atoms with Gasteiger partial charge in [-0.05, 0) is 43.2 Å². The monoisotopic (exact) mass is 399 g/mol. The number of carbonyl (C=O) groups is 1. The first-order chi connectivity index (χ1) is 13.4. The molecule has 0 bridgehead atoms. The summed E-state index contributed by atoms with van der Waals surface area (Å²) in [5.41, 5.74) is 1.72. The summed E-state index contributed by atoms with van der Waals surface area (Å²) < 4.78 is 15.0. The molecule has 0 fully saturated rings. The van der Waals surface area contributed by atoms with E-state index in [1.807, 2.05) is 6.92 Å². The fourth-order valence-electron chi connectivity index (χ4n) is 2.75. The maximum absolute atomic E-state index is 13.7. The number of nitrogens with zero attached hydrogens (tertiary/aromatic N) is 2. The van der Waals surface area contributed by atoms with Crippen LogP contribution in [0.4, 0.5) is 10.1 Å². The Kier molecular flexibility index (Phi) is 5.90. The van der Waals surface area contributed by atoms with Crippen LogP contribution in [0.1, 0.15) is 18.2 Å². The second kappa shape index (κ2) is 8.35. The number of hydrogen-bond donors (Lipinski definition) is 1. The zero-order valence-corrected chi connectivity index (χ0v) is 16.3. The van der Waals surface area contributed by atoms with Crippen LogP contribution < -0.4 is 10.9 Å². The Balaban J connectivity index is 1.95. The van der Waals surface area contributed by atoms with Crippen molar-refractivity contribution in [1.82, 2.24) is 9.55 Å². The van der Waals surface area contributed by atoms with E-state index in [0.717, 1.165) is 0 Å². The Morgan fingerprint density at radius 2 is 2.00 bits per heavy atom. The topological polar surface area (TPSA) is 64.0 Å². The zero-order chi connectivity index (χ0) is 20.3. The van der Waals surface area contributed by atoms with Crippen LogP contribution in [-0.2, 0) is 17.8 Å². The summed E-state index contributed by atoms with van der Waals surface area (Å²) in [6.07, 6.45) is 0.582. The highest BCUT2D eigenvalue weighted by Gasteiger charge is 2.14. The molecule has 28 heavy (non-hydrogen) atoms. The van der Waals surface area contributed by atoms with Gasteiger partial charge in [-0.15, -0.1) is 0 Å². The van der Waals surface area contributed by atoms with E-state index in [-0.39, 0.29) is 12.1 Å². The van der Waals surface area contributed by atoms with Crippen molar-refractivity contribution in [2.75, 3.05) is 5.32 Å². The molecule has 0 aliphatic heterocycles. The van der Waals surface area contributed by atoms with E-state index in [0.29, 0.717) is 39.8 Å². The van der Waals surface area contributed by atoms with Crippen molar-refractivity contribution in [1.29, 1.82) is 0 Å². The predicted octanol–water partition coefficient (Wildman–Crippen LogP) is 4.21. The SMILES string of the molecule is CCc1cc(=O)n(CC(=O)Nc2ccc(C)c(F)c2)c(-c2cccc(Cl)c2)n1. The first-order valence-corrected chi connectivity index (χ1v) is 9.18. The Hall–Kier alpha value is -2.99. The molecule has 1 amide bonds. The Morgan fingerprint density at radius 3 is 2.68 bits per heavy atom. The molecular weight excluding hydrogens is 381 g/mol. The smallest absolute Gasteiger partial charge is 0.254 e. The number of aryl methyl sites for hydroxylation is 2.